The molecule has 0 aliphatic carbocycles. The van der Waals surface area contributed by atoms with Gasteiger partial charge in [-0.25, -0.2) is 4.98 Å². The number of thioether (sulfide) groups is 1. The van der Waals surface area contributed by atoms with Gasteiger partial charge >= 0.3 is 0 Å². The third-order valence-electron chi connectivity index (χ3n) is 2.81. The lowest BCUT2D eigenvalue weighted by atomic mass is 10.2. The number of nitrogens with zero attached hydrogens (tertiary/aromatic N) is 1. The molecule has 18 heavy (non-hydrogen) atoms. The van der Waals surface area contributed by atoms with Crippen molar-refractivity contribution in [2.45, 2.75) is 51.5 Å². The molecule has 0 saturated heterocycles. The van der Waals surface area contributed by atoms with Gasteiger partial charge in [0, 0.05) is 18.0 Å². The molecule has 0 aromatic carbocycles. The van der Waals surface area contributed by atoms with Crippen LogP contribution in [-0.4, -0.2) is 23.8 Å². The van der Waals surface area contributed by atoms with E-state index < -0.39 is 0 Å². The van der Waals surface area contributed by atoms with Crippen molar-refractivity contribution in [2.75, 3.05) is 18.8 Å². The maximum Gasteiger partial charge on any atom is 0.0966 e. The summed E-state index contributed by atoms with van der Waals surface area (Å²) < 4.78 is 0. The van der Waals surface area contributed by atoms with Crippen LogP contribution in [0.15, 0.2) is 17.2 Å². The van der Waals surface area contributed by atoms with Gasteiger partial charge < -0.3 is 5.32 Å². The van der Waals surface area contributed by atoms with Crippen molar-refractivity contribution in [3.8, 4) is 0 Å². The molecule has 0 aliphatic rings. The van der Waals surface area contributed by atoms with E-state index in [-0.39, 0.29) is 0 Å². The highest BCUT2D eigenvalue weighted by molar-refractivity contribution is 7.99. The zero-order chi connectivity index (χ0) is 13.2. The number of rotatable bonds is 9. The monoisotopic (exact) mass is 266 g/mol. The fourth-order valence-corrected chi connectivity index (χ4v) is 2.84. The standard InChI is InChI=1S/C15H26N2S/c1-4-5-6-7-8-16-9-10-18-15-12-13(2)11-14(3)17-15/h11-12,16H,4-10H2,1-3H3. The van der Waals surface area contributed by atoms with E-state index in [0.717, 1.165) is 29.6 Å². The summed E-state index contributed by atoms with van der Waals surface area (Å²) in [4.78, 5) is 4.53. The molecule has 0 fully saturated rings. The van der Waals surface area contributed by atoms with Gasteiger partial charge in [-0.2, -0.15) is 0 Å². The van der Waals surface area contributed by atoms with Gasteiger partial charge in [-0.3, -0.25) is 0 Å². The van der Waals surface area contributed by atoms with Crippen LogP contribution < -0.4 is 5.32 Å². The zero-order valence-corrected chi connectivity index (χ0v) is 12.8. The highest BCUT2D eigenvalue weighted by atomic mass is 32.2. The van der Waals surface area contributed by atoms with E-state index in [4.69, 9.17) is 0 Å². The number of nitrogens with one attached hydrogen (secondary N) is 1. The topological polar surface area (TPSA) is 24.9 Å². The number of aromatic nitrogens is 1. The molecule has 1 N–H and O–H groups in total. The van der Waals surface area contributed by atoms with Crippen molar-refractivity contribution >= 4 is 11.8 Å². The molecule has 1 rings (SSSR count). The SMILES string of the molecule is CCCCCCNCCSc1cc(C)cc(C)n1. The fraction of sp³-hybridized carbons (Fsp3) is 0.667. The zero-order valence-electron chi connectivity index (χ0n) is 12.0. The van der Waals surface area contributed by atoms with E-state index in [2.05, 4.69) is 43.2 Å². The summed E-state index contributed by atoms with van der Waals surface area (Å²) in [5.41, 5.74) is 2.42. The second-order valence-corrected chi connectivity index (χ2v) is 5.90. The molecule has 0 spiro atoms. The van der Waals surface area contributed by atoms with Gasteiger partial charge in [0.1, 0.15) is 0 Å². The molecular formula is C15H26N2S. The van der Waals surface area contributed by atoms with Crippen molar-refractivity contribution in [2.24, 2.45) is 0 Å². The molecule has 0 unspecified atom stereocenters. The second kappa shape index (κ2) is 9.40. The van der Waals surface area contributed by atoms with Crippen molar-refractivity contribution < 1.29 is 0 Å². The summed E-state index contributed by atoms with van der Waals surface area (Å²) in [6.45, 7) is 8.67. The van der Waals surface area contributed by atoms with Crippen LogP contribution in [0.4, 0.5) is 0 Å². The summed E-state index contributed by atoms with van der Waals surface area (Å²) in [6.07, 6.45) is 5.34. The summed E-state index contributed by atoms with van der Waals surface area (Å²) >= 11 is 1.84. The molecule has 0 aliphatic heterocycles. The highest BCUT2D eigenvalue weighted by Crippen LogP contribution is 2.16. The lowest BCUT2D eigenvalue weighted by Crippen LogP contribution is -2.18. The van der Waals surface area contributed by atoms with Crippen LogP contribution in [0.2, 0.25) is 0 Å². The van der Waals surface area contributed by atoms with Gasteiger partial charge in [-0.05, 0) is 44.5 Å². The van der Waals surface area contributed by atoms with Crippen LogP contribution in [0.5, 0.6) is 0 Å². The molecule has 0 atom stereocenters. The summed E-state index contributed by atoms with van der Waals surface area (Å²) in [5, 5.41) is 4.65. The Morgan fingerprint density at radius 3 is 2.67 bits per heavy atom. The van der Waals surface area contributed by atoms with E-state index >= 15 is 0 Å². The molecule has 3 heteroatoms. The van der Waals surface area contributed by atoms with Gasteiger partial charge in [0.2, 0.25) is 0 Å². The Hall–Kier alpha value is -0.540. The Bertz CT molecular complexity index is 319. The summed E-state index contributed by atoms with van der Waals surface area (Å²) in [5.74, 6) is 1.10. The lowest BCUT2D eigenvalue weighted by Gasteiger charge is -2.05. The number of hydrogen-bond acceptors (Lipinski definition) is 3. The molecule has 0 bridgehead atoms. The molecule has 0 radical (unpaired) electrons. The van der Waals surface area contributed by atoms with Crippen LogP contribution in [-0.2, 0) is 0 Å². The van der Waals surface area contributed by atoms with E-state index in [0.29, 0.717) is 0 Å². The van der Waals surface area contributed by atoms with Crippen molar-refractivity contribution in [1.29, 1.82) is 0 Å². The minimum absolute atomic E-state index is 1.07. The molecule has 1 aromatic heterocycles. The molecule has 1 heterocycles. The highest BCUT2D eigenvalue weighted by Gasteiger charge is 1.98. The number of hydrogen-bond donors (Lipinski definition) is 1. The van der Waals surface area contributed by atoms with Crippen LogP contribution in [0.3, 0.4) is 0 Å². The Kier molecular flexibility index (Phi) is 8.10. The van der Waals surface area contributed by atoms with Crippen LogP contribution in [0.1, 0.15) is 43.9 Å². The van der Waals surface area contributed by atoms with Gasteiger partial charge in [-0.15, -0.1) is 11.8 Å². The van der Waals surface area contributed by atoms with Gasteiger partial charge in [0.15, 0.2) is 0 Å². The molecule has 2 nitrogen and oxygen atoms in total. The van der Waals surface area contributed by atoms with Gasteiger partial charge in [-0.1, -0.05) is 26.2 Å². The average Bonchev–Trinajstić information content (AvgIpc) is 2.31. The normalized spacial score (nSPS) is 10.8. The van der Waals surface area contributed by atoms with Gasteiger partial charge in [0.05, 0.1) is 5.03 Å². The molecule has 0 saturated carbocycles. The predicted molar refractivity (Wildman–Crippen MR) is 81.4 cm³/mol. The second-order valence-electron chi connectivity index (χ2n) is 4.78. The first-order valence-corrected chi connectivity index (χ1v) is 7.99. The Morgan fingerprint density at radius 1 is 1.11 bits per heavy atom. The van der Waals surface area contributed by atoms with E-state index in [1.54, 1.807) is 0 Å². The van der Waals surface area contributed by atoms with Crippen LogP contribution >= 0.6 is 11.8 Å². The summed E-state index contributed by atoms with van der Waals surface area (Å²) in [7, 11) is 0. The number of pyridine rings is 1. The number of unbranched alkanes of at least 4 members (excludes halogenated alkanes) is 3. The molecular weight excluding hydrogens is 240 g/mol. The molecule has 102 valence electrons. The maximum atomic E-state index is 4.53. The fourth-order valence-electron chi connectivity index (χ4n) is 1.91. The first-order valence-electron chi connectivity index (χ1n) is 7.01. The predicted octanol–water partition coefficient (Wildman–Crippen LogP) is 3.96. The molecule has 1 aromatic rings. The lowest BCUT2D eigenvalue weighted by molar-refractivity contribution is 0.612. The largest absolute Gasteiger partial charge is 0.316 e. The van der Waals surface area contributed by atoms with Crippen molar-refractivity contribution in [1.82, 2.24) is 10.3 Å². The Balaban J connectivity index is 2.07. The van der Waals surface area contributed by atoms with E-state index in [1.807, 2.05) is 11.8 Å². The maximum absolute atomic E-state index is 4.53. The minimum Gasteiger partial charge on any atom is -0.316 e. The van der Waals surface area contributed by atoms with Gasteiger partial charge in [0.25, 0.3) is 0 Å². The van der Waals surface area contributed by atoms with Crippen LogP contribution in [0, 0.1) is 13.8 Å². The minimum atomic E-state index is 1.07. The van der Waals surface area contributed by atoms with Crippen molar-refractivity contribution in [3.63, 3.8) is 0 Å². The van der Waals surface area contributed by atoms with Crippen molar-refractivity contribution in [3.05, 3.63) is 23.4 Å². The smallest absolute Gasteiger partial charge is 0.0966 e. The first-order chi connectivity index (χ1) is 8.72. The Morgan fingerprint density at radius 2 is 1.94 bits per heavy atom. The van der Waals surface area contributed by atoms with E-state index in [9.17, 15) is 0 Å². The Labute approximate surface area is 116 Å². The first kappa shape index (κ1) is 15.5. The molecule has 0 amide bonds. The third kappa shape index (κ3) is 7.02. The number of aryl methyl sites for hydroxylation is 2. The van der Waals surface area contributed by atoms with Crippen LogP contribution in [0.25, 0.3) is 0 Å². The quantitative estimate of drug-likeness (QED) is 0.541. The average molecular weight is 266 g/mol. The summed E-state index contributed by atoms with van der Waals surface area (Å²) in [6, 6.07) is 4.29. The third-order valence-corrected chi connectivity index (χ3v) is 3.72. The van der Waals surface area contributed by atoms with E-state index in [1.165, 1.54) is 31.2 Å².